The molecule has 0 bridgehead atoms. The van der Waals surface area contributed by atoms with Crippen molar-refractivity contribution in [1.82, 2.24) is 10.2 Å². The summed E-state index contributed by atoms with van der Waals surface area (Å²) in [7, 11) is 0. The second-order valence-corrected chi connectivity index (χ2v) is 4.76. The maximum absolute atomic E-state index is 12.8. The van der Waals surface area contributed by atoms with Crippen LogP contribution in [0.25, 0.3) is 0 Å². The molecule has 17 heavy (non-hydrogen) atoms. The minimum absolute atomic E-state index is 0.155. The predicted octanol–water partition coefficient (Wildman–Crippen LogP) is 2.40. The first-order chi connectivity index (χ1) is 8.28. The second-order valence-electron chi connectivity index (χ2n) is 4.76. The maximum atomic E-state index is 12.8. The van der Waals surface area contributed by atoms with E-state index in [0.29, 0.717) is 6.04 Å². The summed E-state index contributed by atoms with van der Waals surface area (Å²) in [4.78, 5) is 2.45. The lowest BCUT2D eigenvalue weighted by molar-refractivity contribution is 0.184. The highest BCUT2D eigenvalue weighted by Crippen LogP contribution is 2.14. The third-order valence-corrected chi connectivity index (χ3v) is 3.32. The van der Waals surface area contributed by atoms with Crippen LogP contribution in [0, 0.1) is 5.82 Å². The summed E-state index contributed by atoms with van der Waals surface area (Å²) in [6.07, 6.45) is 2.52. The Morgan fingerprint density at radius 3 is 2.82 bits per heavy atom. The highest BCUT2D eigenvalue weighted by molar-refractivity contribution is 5.16. The van der Waals surface area contributed by atoms with Crippen LogP contribution in [0.2, 0.25) is 0 Å². The lowest BCUT2D eigenvalue weighted by Gasteiger charge is -2.33. The van der Waals surface area contributed by atoms with E-state index >= 15 is 0 Å². The molecule has 0 radical (unpaired) electrons. The Balaban J connectivity index is 1.87. The zero-order chi connectivity index (χ0) is 12.1. The summed E-state index contributed by atoms with van der Waals surface area (Å²) in [6, 6.07) is 7.47. The molecular formula is C14H21FN2. The molecule has 3 heteroatoms. The minimum Gasteiger partial charge on any atom is -0.313 e. The van der Waals surface area contributed by atoms with Crippen LogP contribution in [-0.4, -0.2) is 30.6 Å². The van der Waals surface area contributed by atoms with Crippen LogP contribution >= 0.6 is 0 Å². The van der Waals surface area contributed by atoms with E-state index in [0.717, 1.165) is 26.2 Å². The zero-order valence-electron chi connectivity index (χ0n) is 10.5. The predicted molar refractivity (Wildman–Crippen MR) is 68.4 cm³/mol. The monoisotopic (exact) mass is 236 g/mol. The number of likely N-dealkylation sites (N-methyl/N-ethyl adjacent to an activating group) is 1. The van der Waals surface area contributed by atoms with Gasteiger partial charge >= 0.3 is 0 Å². The van der Waals surface area contributed by atoms with Gasteiger partial charge in [-0.2, -0.15) is 0 Å². The van der Waals surface area contributed by atoms with Crippen LogP contribution in [0.5, 0.6) is 0 Å². The van der Waals surface area contributed by atoms with E-state index in [1.807, 2.05) is 12.1 Å². The summed E-state index contributed by atoms with van der Waals surface area (Å²) >= 11 is 0. The van der Waals surface area contributed by atoms with Crippen LogP contribution in [0.4, 0.5) is 4.39 Å². The average molecular weight is 236 g/mol. The van der Waals surface area contributed by atoms with Crippen molar-refractivity contribution in [3.8, 4) is 0 Å². The number of nitrogens with zero attached hydrogens (tertiary/aromatic N) is 1. The zero-order valence-corrected chi connectivity index (χ0v) is 10.5. The van der Waals surface area contributed by atoms with Crippen molar-refractivity contribution in [3.63, 3.8) is 0 Å². The van der Waals surface area contributed by atoms with Crippen LogP contribution in [0.15, 0.2) is 24.3 Å². The van der Waals surface area contributed by atoms with Crippen molar-refractivity contribution in [2.24, 2.45) is 0 Å². The molecule has 1 aliphatic rings. The normalized spacial score (nSPS) is 21.6. The molecule has 0 spiro atoms. The number of piperidine rings is 1. The first-order valence-corrected chi connectivity index (χ1v) is 6.48. The van der Waals surface area contributed by atoms with Crippen LogP contribution in [-0.2, 0) is 6.54 Å². The number of benzene rings is 1. The van der Waals surface area contributed by atoms with E-state index in [4.69, 9.17) is 0 Å². The molecule has 1 aromatic rings. The third-order valence-electron chi connectivity index (χ3n) is 3.32. The Morgan fingerprint density at radius 2 is 2.12 bits per heavy atom. The fourth-order valence-corrected chi connectivity index (χ4v) is 2.50. The molecule has 0 aliphatic carbocycles. The fourth-order valence-electron chi connectivity index (χ4n) is 2.50. The van der Waals surface area contributed by atoms with Gasteiger partial charge in [0.15, 0.2) is 0 Å². The molecule has 1 unspecified atom stereocenters. The number of halogens is 1. The molecule has 1 fully saturated rings. The molecule has 1 aliphatic heterocycles. The molecular weight excluding hydrogens is 215 g/mol. The molecule has 1 heterocycles. The number of likely N-dealkylation sites (tertiary alicyclic amines) is 1. The van der Waals surface area contributed by atoms with Gasteiger partial charge in [-0.15, -0.1) is 0 Å². The number of hydrogen-bond donors (Lipinski definition) is 1. The first kappa shape index (κ1) is 12.5. The SMILES string of the molecule is CCNC1CCCN(Cc2ccc(F)cc2)C1. The molecule has 0 amide bonds. The molecule has 1 N–H and O–H groups in total. The van der Waals surface area contributed by atoms with E-state index in [1.54, 1.807) is 12.1 Å². The van der Waals surface area contributed by atoms with Crippen molar-refractivity contribution < 1.29 is 4.39 Å². The average Bonchev–Trinajstić information content (AvgIpc) is 2.33. The highest BCUT2D eigenvalue weighted by Gasteiger charge is 2.18. The van der Waals surface area contributed by atoms with E-state index in [9.17, 15) is 4.39 Å². The van der Waals surface area contributed by atoms with Gasteiger partial charge in [-0.3, -0.25) is 4.90 Å². The minimum atomic E-state index is -0.155. The van der Waals surface area contributed by atoms with Crippen molar-refractivity contribution >= 4 is 0 Å². The van der Waals surface area contributed by atoms with Gasteiger partial charge in [0.2, 0.25) is 0 Å². The molecule has 2 rings (SSSR count). The van der Waals surface area contributed by atoms with Gasteiger partial charge in [-0.25, -0.2) is 4.39 Å². The van der Waals surface area contributed by atoms with Gasteiger partial charge < -0.3 is 5.32 Å². The van der Waals surface area contributed by atoms with Gasteiger partial charge in [0.25, 0.3) is 0 Å². The summed E-state index contributed by atoms with van der Waals surface area (Å²) in [5.74, 6) is -0.155. The quantitative estimate of drug-likeness (QED) is 0.863. The summed E-state index contributed by atoms with van der Waals surface area (Å²) in [5, 5.41) is 3.51. The van der Waals surface area contributed by atoms with Gasteiger partial charge in [-0.1, -0.05) is 19.1 Å². The van der Waals surface area contributed by atoms with Crippen molar-refractivity contribution in [3.05, 3.63) is 35.6 Å². The molecule has 2 nitrogen and oxygen atoms in total. The van der Waals surface area contributed by atoms with Crippen LogP contribution in [0.3, 0.4) is 0 Å². The van der Waals surface area contributed by atoms with E-state index < -0.39 is 0 Å². The summed E-state index contributed by atoms with van der Waals surface area (Å²) < 4.78 is 12.8. The molecule has 94 valence electrons. The lowest BCUT2D eigenvalue weighted by atomic mass is 10.0. The van der Waals surface area contributed by atoms with E-state index in [1.165, 1.54) is 18.4 Å². The highest BCUT2D eigenvalue weighted by atomic mass is 19.1. The lowest BCUT2D eigenvalue weighted by Crippen LogP contribution is -2.45. The van der Waals surface area contributed by atoms with Gasteiger partial charge in [0, 0.05) is 19.1 Å². The third kappa shape index (κ3) is 3.79. The number of rotatable bonds is 4. The van der Waals surface area contributed by atoms with Crippen LogP contribution in [0.1, 0.15) is 25.3 Å². The Morgan fingerprint density at radius 1 is 1.35 bits per heavy atom. The standard InChI is InChI=1S/C14H21FN2/c1-2-16-14-4-3-9-17(11-14)10-12-5-7-13(15)8-6-12/h5-8,14,16H,2-4,9-11H2,1H3. The van der Waals surface area contributed by atoms with Crippen molar-refractivity contribution in [2.75, 3.05) is 19.6 Å². The van der Waals surface area contributed by atoms with Gasteiger partial charge in [0.05, 0.1) is 0 Å². The first-order valence-electron chi connectivity index (χ1n) is 6.48. The number of nitrogens with one attached hydrogen (secondary N) is 1. The smallest absolute Gasteiger partial charge is 0.123 e. The topological polar surface area (TPSA) is 15.3 Å². The Kier molecular flexibility index (Phi) is 4.51. The molecule has 1 atom stereocenters. The molecule has 1 saturated heterocycles. The maximum Gasteiger partial charge on any atom is 0.123 e. The Labute approximate surface area is 103 Å². The molecule has 1 aromatic carbocycles. The van der Waals surface area contributed by atoms with Crippen LogP contribution < -0.4 is 5.32 Å². The number of hydrogen-bond acceptors (Lipinski definition) is 2. The van der Waals surface area contributed by atoms with E-state index in [-0.39, 0.29) is 5.82 Å². The second kappa shape index (κ2) is 6.12. The summed E-state index contributed by atoms with van der Waals surface area (Å²) in [6.45, 7) is 6.38. The molecule has 0 saturated carbocycles. The molecule has 0 aromatic heterocycles. The van der Waals surface area contributed by atoms with Crippen molar-refractivity contribution in [1.29, 1.82) is 0 Å². The summed E-state index contributed by atoms with van der Waals surface area (Å²) in [5.41, 5.74) is 1.20. The Bertz CT molecular complexity index is 335. The van der Waals surface area contributed by atoms with Gasteiger partial charge in [-0.05, 0) is 43.6 Å². The van der Waals surface area contributed by atoms with E-state index in [2.05, 4.69) is 17.1 Å². The van der Waals surface area contributed by atoms with Crippen molar-refractivity contribution in [2.45, 2.75) is 32.4 Å². The largest absolute Gasteiger partial charge is 0.313 e. The fraction of sp³-hybridized carbons (Fsp3) is 0.571. The Hall–Kier alpha value is -0.930. The van der Waals surface area contributed by atoms with Gasteiger partial charge in [0.1, 0.15) is 5.82 Å².